The predicted octanol–water partition coefficient (Wildman–Crippen LogP) is 9.03. The van der Waals surface area contributed by atoms with Gasteiger partial charge in [-0.25, -0.2) is 9.18 Å². The lowest BCUT2D eigenvalue weighted by atomic mass is 9.95. The number of hydrogen-bond acceptors (Lipinski definition) is 3. The van der Waals surface area contributed by atoms with Gasteiger partial charge in [-0.1, -0.05) is 46.9 Å². The molecule has 0 heterocycles. The highest BCUT2D eigenvalue weighted by molar-refractivity contribution is 6.48. The fourth-order valence-corrected chi connectivity index (χ4v) is 3.72. The van der Waals surface area contributed by atoms with Crippen molar-refractivity contribution < 1.29 is 45.1 Å². The molecular weight excluding hydrogens is 590 g/mol. The summed E-state index contributed by atoms with van der Waals surface area (Å²) in [6.07, 6.45) is -11.3. The van der Waals surface area contributed by atoms with Crippen molar-refractivity contribution in [2.45, 2.75) is 44.6 Å². The summed E-state index contributed by atoms with van der Waals surface area (Å²) >= 11 is 17.3. The average molecular weight is 609 g/mol. The number of allylic oxidation sites excluding steroid dienone is 1. The Hall–Kier alpha value is -2.50. The second-order valence-corrected chi connectivity index (χ2v) is 10.1. The van der Waals surface area contributed by atoms with Crippen molar-refractivity contribution >= 4 is 52.5 Å². The van der Waals surface area contributed by atoms with Crippen LogP contribution in [0.2, 0.25) is 15.1 Å². The molecular formula is C24H19Cl3F7NO3. The number of alkyl halides is 6. The van der Waals surface area contributed by atoms with E-state index in [-0.39, 0.29) is 27.2 Å². The molecule has 0 aromatic heterocycles. The number of benzene rings is 2. The predicted molar refractivity (Wildman–Crippen MR) is 129 cm³/mol. The number of halogens is 10. The van der Waals surface area contributed by atoms with Crippen LogP contribution < -0.4 is 5.32 Å². The van der Waals surface area contributed by atoms with Gasteiger partial charge >= 0.3 is 18.4 Å². The summed E-state index contributed by atoms with van der Waals surface area (Å²) in [5, 5.41) is 1.08. The van der Waals surface area contributed by atoms with Gasteiger partial charge in [-0.05, 0) is 50.6 Å². The molecule has 0 aliphatic rings. The van der Waals surface area contributed by atoms with Gasteiger partial charge in [0.25, 0.3) is 0 Å². The zero-order valence-electron chi connectivity index (χ0n) is 19.8. The number of nitrogens with one attached hydrogen (secondary N) is 1. The van der Waals surface area contributed by atoms with Crippen LogP contribution in [0.4, 0.5) is 35.5 Å². The number of carbonyl (C=O) groups excluding carboxylic acids is 2. The lowest BCUT2D eigenvalue weighted by Crippen LogP contribution is -2.35. The van der Waals surface area contributed by atoms with Crippen LogP contribution in [0.5, 0.6) is 0 Å². The molecule has 0 aliphatic heterocycles. The molecule has 0 spiro atoms. The molecule has 2 aromatic rings. The molecule has 1 N–H and O–H groups in total. The topological polar surface area (TPSA) is 55.4 Å². The third-order valence-corrected chi connectivity index (χ3v) is 5.92. The van der Waals surface area contributed by atoms with E-state index in [0.717, 1.165) is 12.1 Å². The fraction of sp³-hybridized carbons (Fsp3) is 0.333. The summed E-state index contributed by atoms with van der Waals surface area (Å²) in [7, 11) is 0. The van der Waals surface area contributed by atoms with E-state index in [9.17, 15) is 40.3 Å². The van der Waals surface area contributed by atoms with Gasteiger partial charge in [0.1, 0.15) is 17.3 Å². The first-order valence-electron chi connectivity index (χ1n) is 10.5. The number of Topliss-reactive ketones (excluding diaryl/α,β-unsaturated/α-hetero) is 1. The monoisotopic (exact) mass is 607 g/mol. The first kappa shape index (κ1) is 31.7. The number of alkyl carbamates (subject to hydrolysis) is 1. The van der Waals surface area contributed by atoms with Crippen molar-refractivity contribution in [3.05, 3.63) is 73.7 Å². The van der Waals surface area contributed by atoms with E-state index in [1.54, 1.807) is 0 Å². The molecule has 1 unspecified atom stereocenters. The Morgan fingerprint density at radius 2 is 1.53 bits per heavy atom. The van der Waals surface area contributed by atoms with Gasteiger partial charge in [-0.2, -0.15) is 26.3 Å². The molecule has 0 radical (unpaired) electrons. The molecule has 208 valence electrons. The minimum Gasteiger partial charge on any atom is -0.444 e. The standard InChI is InChI=1S/C24H19Cl3F7NO3/c1-22(2,3)38-21(37)35-10-19(36)13-5-4-11(6-15(13)24(32,33)34)18(28)9-14(23(29,30)31)12-7-16(25)20(27)17(26)8-12/h4-9,14H,10H2,1-3H3,(H,35,37)/b18-9-. The molecule has 14 heteroatoms. The van der Waals surface area contributed by atoms with Gasteiger partial charge in [-0.3, -0.25) is 4.79 Å². The van der Waals surface area contributed by atoms with Crippen LogP contribution >= 0.6 is 34.8 Å². The highest BCUT2D eigenvalue weighted by Gasteiger charge is 2.41. The highest BCUT2D eigenvalue weighted by atomic mass is 35.5. The van der Waals surface area contributed by atoms with E-state index in [4.69, 9.17) is 39.5 Å². The van der Waals surface area contributed by atoms with E-state index in [1.807, 2.05) is 5.32 Å². The summed E-state index contributed by atoms with van der Waals surface area (Å²) < 4.78 is 102. The van der Waals surface area contributed by atoms with Crippen molar-refractivity contribution in [3.8, 4) is 0 Å². The van der Waals surface area contributed by atoms with Gasteiger partial charge < -0.3 is 10.1 Å². The average Bonchev–Trinajstić information content (AvgIpc) is 2.76. The minimum absolute atomic E-state index is 0.0525. The lowest BCUT2D eigenvalue weighted by molar-refractivity contribution is -0.140. The lowest BCUT2D eigenvalue weighted by Gasteiger charge is -2.20. The Balaban J connectivity index is 2.46. The van der Waals surface area contributed by atoms with Crippen LogP contribution in [0.15, 0.2) is 36.4 Å². The maximum Gasteiger partial charge on any atom is 0.417 e. The molecule has 2 rings (SSSR count). The summed E-state index contributed by atoms with van der Waals surface area (Å²) in [4.78, 5) is 24.1. The maximum absolute atomic E-state index is 14.9. The zero-order chi connectivity index (χ0) is 29.2. The third-order valence-electron chi connectivity index (χ3n) is 4.72. The quantitative estimate of drug-likeness (QED) is 0.202. The van der Waals surface area contributed by atoms with Crippen molar-refractivity contribution in [3.63, 3.8) is 0 Å². The van der Waals surface area contributed by atoms with Crippen LogP contribution in [0, 0.1) is 0 Å². The summed E-state index contributed by atoms with van der Waals surface area (Å²) in [5.74, 6) is -5.51. The Bertz CT molecular complexity index is 1230. The number of ketones is 1. The van der Waals surface area contributed by atoms with E-state index in [2.05, 4.69) is 0 Å². The normalized spacial score (nSPS) is 13.8. The SMILES string of the molecule is CC(C)(C)OC(=O)NCC(=O)c1ccc(/C(F)=C/C(c2cc(Cl)c(Cl)c(Cl)c2)C(F)(F)F)cc1C(F)(F)F. The fourth-order valence-electron chi connectivity index (χ4n) is 3.11. The highest BCUT2D eigenvalue weighted by Crippen LogP contribution is 2.42. The van der Waals surface area contributed by atoms with Gasteiger partial charge in [0.15, 0.2) is 5.78 Å². The molecule has 1 atom stereocenters. The van der Waals surface area contributed by atoms with Crippen LogP contribution in [0.3, 0.4) is 0 Å². The maximum atomic E-state index is 14.9. The molecule has 0 fully saturated rings. The number of ether oxygens (including phenoxy) is 1. The third kappa shape index (κ3) is 8.51. The summed E-state index contributed by atoms with van der Waals surface area (Å²) in [6, 6.07) is 3.11. The molecule has 0 saturated carbocycles. The molecule has 1 amide bonds. The van der Waals surface area contributed by atoms with Crippen LogP contribution in [0.25, 0.3) is 5.83 Å². The smallest absolute Gasteiger partial charge is 0.417 e. The Morgan fingerprint density at radius 3 is 2.00 bits per heavy atom. The number of rotatable bonds is 6. The number of carbonyl (C=O) groups is 2. The molecule has 4 nitrogen and oxygen atoms in total. The largest absolute Gasteiger partial charge is 0.444 e. The first-order valence-corrected chi connectivity index (χ1v) is 11.6. The van der Waals surface area contributed by atoms with E-state index < -0.39 is 70.4 Å². The van der Waals surface area contributed by atoms with E-state index >= 15 is 0 Å². The second-order valence-electron chi connectivity index (χ2n) is 8.87. The first-order chi connectivity index (χ1) is 17.2. The summed E-state index contributed by atoms with van der Waals surface area (Å²) in [5.41, 5.74) is -4.98. The number of hydrogen-bond donors (Lipinski definition) is 1. The van der Waals surface area contributed by atoms with E-state index in [0.29, 0.717) is 12.1 Å². The van der Waals surface area contributed by atoms with Gasteiger partial charge in [0, 0.05) is 11.1 Å². The second kappa shape index (κ2) is 11.7. The van der Waals surface area contributed by atoms with Crippen molar-refractivity contribution in [1.29, 1.82) is 0 Å². The van der Waals surface area contributed by atoms with Crippen LogP contribution in [0.1, 0.15) is 53.7 Å². The Labute approximate surface area is 227 Å². The zero-order valence-corrected chi connectivity index (χ0v) is 22.0. The minimum atomic E-state index is -5.19. The van der Waals surface area contributed by atoms with Crippen LogP contribution in [-0.4, -0.2) is 30.2 Å². The van der Waals surface area contributed by atoms with Crippen molar-refractivity contribution in [2.75, 3.05) is 6.54 Å². The Morgan fingerprint density at radius 1 is 0.974 bits per heavy atom. The molecule has 0 saturated heterocycles. The molecule has 0 aliphatic carbocycles. The van der Waals surface area contributed by atoms with Gasteiger partial charge in [-0.15, -0.1) is 0 Å². The number of amides is 1. The summed E-state index contributed by atoms with van der Waals surface area (Å²) in [6.45, 7) is 3.69. The molecule has 2 aromatic carbocycles. The van der Waals surface area contributed by atoms with Crippen molar-refractivity contribution in [2.24, 2.45) is 0 Å². The van der Waals surface area contributed by atoms with Crippen LogP contribution in [-0.2, 0) is 10.9 Å². The molecule has 38 heavy (non-hydrogen) atoms. The Kier molecular flexibility index (Phi) is 9.77. The van der Waals surface area contributed by atoms with Gasteiger partial charge in [0.05, 0.1) is 27.2 Å². The van der Waals surface area contributed by atoms with Crippen molar-refractivity contribution in [1.82, 2.24) is 5.32 Å². The van der Waals surface area contributed by atoms with Gasteiger partial charge in [0.2, 0.25) is 0 Å². The van der Waals surface area contributed by atoms with E-state index in [1.165, 1.54) is 20.8 Å². The molecule has 0 bridgehead atoms.